The van der Waals surface area contributed by atoms with E-state index in [1.165, 1.54) is 0 Å². The lowest BCUT2D eigenvalue weighted by atomic mass is 10.0. The summed E-state index contributed by atoms with van der Waals surface area (Å²) < 4.78 is 32.1. The molecule has 7 nitrogen and oxygen atoms in total. The maximum Gasteiger partial charge on any atom is 0.200 e. The molecular weight excluding hydrogens is 460 g/mol. The summed E-state index contributed by atoms with van der Waals surface area (Å²) in [5.74, 6) is 0. The highest BCUT2D eigenvalue weighted by Crippen LogP contribution is 2.44. The molecule has 0 radical (unpaired) electrons. The number of benzene rings is 1. The Balaban J connectivity index is 1.81. The van der Waals surface area contributed by atoms with Crippen LogP contribution in [-0.2, 0) is 30.0 Å². The van der Waals surface area contributed by atoms with Crippen LogP contribution >= 0.6 is 0 Å². The largest absolute Gasteiger partial charge is 0.409 e. The van der Waals surface area contributed by atoms with Gasteiger partial charge in [-0.2, -0.15) is 0 Å². The molecule has 2 heterocycles. The molecule has 3 rings (SSSR count). The van der Waals surface area contributed by atoms with Crippen molar-refractivity contribution in [3.8, 4) is 0 Å². The van der Waals surface area contributed by atoms with Crippen molar-refractivity contribution in [3.63, 3.8) is 0 Å². The van der Waals surface area contributed by atoms with Crippen LogP contribution in [0.1, 0.15) is 66.9 Å². The van der Waals surface area contributed by atoms with Gasteiger partial charge in [0.05, 0.1) is 31.5 Å². The highest BCUT2D eigenvalue weighted by atomic mass is 28.4. The monoisotopic (exact) mass is 508 g/mol. The molecule has 0 saturated carbocycles. The van der Waals surface area contributed by atoms with Gasteiger partial charge in [-0.1, -0.05) is 71.9 Å². The molecule has 200 valence electrons. The van der Waals surface area contributed by atoms with E-state index in [4.69, 9.17) is 34.8 Å². The van der Waals surface area contributed by atoms with Crippen LogP contribution in [0.15, 0.2) is 30.3 Å². The van der Waals surface area contributed by atoms with Crippen molar-refractivity contribution >= 4 is 8.32 Å². The summed E-state index contributed by atoms with van der Waals surface area (Å²) in [6, 6.07) is 9.62. The van der Waals surface area contributed by atoms with Crippen LogP contribution in [0, 0.1) is 0 Å². The van der Waals surface area contributed by atoms with Gasteiger partial charge in [0, 0.05) is 6.04 Å². The number of ether oxygens (including phenoxy) is 4. The van der Waals surface area contributed by atoms with E-state index >= 15 is 0 Å². The van der Waals surface area contributed by atoms with E-state index in [0.717, 1.165) is 18.4 Å². The van der Waals surface area contributed by atoms with Crippen LogP contribution in [0.5, 0.6) is 0 Å². The zero-order valence-corrected chi connectivity index (χ0v) is 23.7. The lowest BCUT2D eigenvalue weighted by Crippen LogP contribution is -2.65. The molecule has 0 aliphatic carbocycles. The molecule has 0 bridgehead atoms. The fraction of sp³-hybridized carbons (Fsp3) is 0.778. The minimum atomic E-state index is -2.24. The Morgan fingerprint density at radius 3 is 2.17 bits per heavy atom. The minimum absolute atomic E-state index is 0.0328. The third-order valence-corrected chi connectivity index (χ3v) is 13.9. The third kappa shape index (κ3) is 6.73. The van der Waals surface area contributed by atoms with Crippen LogP contribution in [0.4, 0.5) is 0 Å². The third-order valence-electron chi connectivity index (χ3n) is 7.82. The average Bonchev–Trinajstić information content (AvgIpc) is 2.80. The van der Waals surface area contributed by atoms with Gasteiger partial charge in [0.2, 0.25) is 8.32 Å². The van der Waals surface area contributed by atoms with Crippen molar-refractivity contribution in [2.45, 2.75) is 128 Å². The summed E-state index contributed by atoms with van der Waals surface area (Å²) in [6.07, 6.45) is -0.0380. The molecule has 2 aliphatic heterocycles. The Kier molecular flexibility index (Phi) is 10.3. The van der Waals surface area contributed by atoms with Crippen molar-refractivity contribution < 1.29 is 23.4 Å². The highest BCUT2D eigenvalue weighted by molar-refractivity contribution is 6.77. The summed E-state index contributed by atoms with van der Waals surface area (Å²) in [4.78, 5) is 0. The predicted octanol–water partition coefficient (Wildman–Crippen LogP) is 4.69. The molecule has 2 aliphatic rings. The van der Waals surface area contributed by atoms with Crippen LogP contribution in [0.2, 0.25) is 16.6 Å². The second kappa shape index (κ2) is 12.6. The fourth-order valence-corrected chi connectivity index (χ4v) is 11.5. The molecule has 7 atom stereocenters. The first-order chi connectivity index (χ1) is 16.6. The molecule has 0 spiro atoms. The van der Waals surface area contributed by atoms with Gasteiger partial charge in [-0.15, -0.1) is 0 Å². The van der Waals surface area contributed by atoms with Crippen molar-refractivity contribution in [1.82, 2.24) is 0 Å². The van der Waals surface area contributed by atoms with Gasteiger partial charge in [0.15, 0.2) is 12.6 Å². The molecule has 1 aromatic rings. The Labute approximate surface area is 213 Å². The highest BCUT2D eigenvalue weighted by Gasteiger charge is 2.52. The molecule has 0 unspecified atom stereocenters. The van der Waals surface area contributed by atoms with Gasteiger partial charge >= 0.3 is 0 Å². The van der Waals surface area contributed by atoms with E-state index < -0.39 is 20.6 Å². The molecule has 1 aromatic carbocycles. The number of hydrogen-bond donors (Lipinski definition) is 2. The smallest absolute Gasteiger partial charge is 0.200 e. The molecular formula is C27H48N2O5Si. The van der Waals surface area contributed by atoms with Gasteiger partial charge in [-0.25, -0.2) is 0 Å². The number of nitrogens with two attached hydrogens (primary N) is 2. The molecule has 35 heavy (non-hydrogen) atoms. The summed E-state index contributed by atoms with van der Waals surface area (Å²) in [7, 11) is -2.24. The summed E-state index contributed by atoms with van der Waals surface area (Å²) in [6.45, 7) is 16.5. The maximum absolute atomic E-state index is 7.21. The van der Waals surface area contributed by atoms with Gasteiger partial charge < -0.3 is 34.8 Å². The van der Waals surface area contributed by atoms with Crippen molar-refractivity contribution in [2.24, 2.45) is 11.5 Å². The lowest BCUT2D eigenvalue weighted by Gasteiger charge is -2.50. The van der Waals surface area contributed by atoms with Crippen LogP contribution in [0.3, 0.4) is 0 Å². The molecule has 4 N–H and O–H groups in total. The SMILES string of the molecule is CC(C)[Si](O[C@@H]1[C@@H](N)[C@H](OCc2ccccc2)OC[C@H]1O[C@H]1CC[C@H](N)[C@@H](C)O1)(C(C)C)C(C)C. The van der Waals surface area contributed by atoms with Crippen LogP contribution in [0.25, 0.3) is 0 Å². The molecule has 2 saturated heterocycles. The van der Waals surface area contributed by atoms with Crippen LogP contribution in [-0.4, -0.2) is 57.9 Å². The second-order valence-corrected chi connectivity index (χ2v) is 16.6. The zero-order valence-electron chi connectivity index (χ0n) is 22.7. The van der Waals surface area contributed by atoms with E-state index in [-0.39, 0.29) is 30.6 Å². The fourth-order valence-electron chi connectivity index (χ4n) is 5.89. The zero-order chi connectivity index (χ0) is 25.8. The Hall–Kier alpha value is -0.843. The van der Waals surface area contributed by atoms with E-state index in [1.807, 2.05) is 37.3 Å². The Morgan fingerprint density at radius 1 is 0.971 bits per heavy atom. The molecule has 8 heteroatoms. The first-order valence-electron chi connectivity index (χ1n) is 13.3. The van der Waals surface area contributed by atoms with Crippen molar-refractivity contribution in [2.75, 3.05) is 6.61 Å². The Bertz CT molecular complexity index is 743. The first-order valence-corrected chi connectivity index (χ1v) is 15.5. The maximum atomic E-state index is 7.21. The molecule has 0 aromatic heterocycles. The minimum Gasteiger partial charge on any atom is -0.409 e. The van der Waals surface area contributed by atoms with Gasteiger partial charge in [-0.05, 0) is 42.0 Å². The number of rotatable bonds is 10. The van der Waals surface area contributed by atoms with E-state index in [2.05, 4.69) is 41.5 Å². The summed E-state index contributed by atoms with van der Waals surface area (Å²) in [5, 5.41) is 0. The topological polar surface area (TPSA) is 98.2 Å². The normalized spacial score (nSPS) is 32.5. The first kappa shape index (κ1) is 28.7. The van der Waals surface area contributed by atoms with Gasteiger partial charge in [-0.3, -0.25) is 0 Å². The number of hydrogen-bond acceptors (Lipinski definition) is 7. The molecule has 0 amide bonds. The Morgan fingerprint density at radius 2 is 1.60 bits per heavy atom. The average molecular weight is 509 g/mol. The second-order valence-electron chi connectivity index (χ2n) is 11.2. The van der Waals surface area contributed by atoms with E-state index in [9.17, 15) is 0 Å². The van der Waals surface area contributed by atoms with Crippen molar-refractivity contribution in [3.05, 3.63) is 35.9 Å². The molecule has 2 fully saturated rings. The van der Waals surface area contributed by atoms with E-state index in [1.54, 1.807) is 0 Å². The standard InChI is InChI=1S/C27H48N2O5Si/c1-17(2)35(18(3)4,19(5)6)34-26-23(33-24-14-13-22(28)20(7)32-24)16-31-27(25(26)29)30-15-21-11-9-8-10-12-21/h8-12,17-20,22-27H,13-16,28-29H2,1-7H3/t20-,22+,23-,24+,25-,26+,27-/m1/s1. The quantitative estimate of drug-likeness (QED) is 0.443. The van der Waals surface area contributed by atoms with Crippen molar-refractivity contribution in [1.29, 1.82) is 0 Å². The van der Waals surface area contributed by atoms with Gasteiger partial charge in [0.25, 0.3) is 0 Å². The van der Waals surface area contributed by atoms with Crippen LogP contribution < -0.4 is 11.5 Å². The van der Waals surface area contributed by atoms with E-state index in [0.29, 0.717) is 29.8 Å². The predicted molar refractivity (Wildman–Crippen MR) is 141 cm³/mol. The van der Waals surface area contributed by atoms with Gasteiger partial charge in [0.1, 0.15) is 6.10 Å². The summed E-state index contributed by atoms with van der Waals surface area (Å²) in [5.41, 5.74) is 15.3. The summed E-state index contributed by atoms with van der Waals surface area (Å²) >= 11 is 0. The lowest BCUT2D eigenvalue weighted by molar-refractivity contribution is -0.282.